The molecule has 0 radical (unpaired) electrons. The molecule has 0 bridgehead atoms. The summed E-state index contributed by atoms with van der Waals surface area (Å²) in [4.78, 5) is 62.9. The average molecular weight is 533 g/mol. The van der Waals surface area contributed by atoms with Crippen molar-refractivity contribution in [3.05, 3.63) is 39.9 Å². The van der Waals surface area contributed by atoms with Crippen molar-refractivity contribution in [3.63, 3.8) is 0 Å². The molecular formula is C27H40N4O7. The Kier molecular flexibility index (Phi) is 11.7. The fraction of sp³-hybridized carbons (Fsp3) is 0.630. The maximum Gasteiger partial charge on any atom is 0.329 e. The van der Waals surface area contributed by atoms with Crippen LogP contribution in [0.15, 0.2) is 24.3 Å². The number of hydrogen-bond donors (Lipinski definition) is 3. The van der Waals surface area contributed by atoms with E-state index in [1.165, 1.54) is 31.2 Å². The summed E-state index contributed by atoms with van der Waals surface area (Å²) in [5.41, 5.74) is 0.498. The van der Waals surface area contributed by atoms with Crippen LogP contribution in [-0.4, -0.2) is 52.8 Å². The first kappa shape index (κ1) is 30.7. The van der Waals surface area contributed by atoms with Gasteiger partial charge in [-0.2, -0.15) is 0 Å². The Labute approximate surface area is 223 Å². The van der Waals surface area contributed by atoms with Crippen molar-refractivity contribution in [2.24, 2.45) is 11.8 Å². The van der Waals surface area contributed by atoms with Crippen LogP contribution < -0.4 is 16.0 Å². The average Bonchev–Trinajstić information content (AvgIpc) is 2.88. The minimum absolute atomic E-state index is 0.0508. The Balaban J connectivity index is 2.38. The van der Waals surface area contributed by atoms with Crippen molar-refractivity contribution < 1.29 is 28.8 Å². The summed E-state index contributed by atoms with van der Waals surface area (Å²) in [5.74, 6) is -2.55. The van der Waals surface area contributed by atoms with Gasteiger partial charge < -0.3 is 20.7 Å². The number of unbranched alkanes of at least 4 members (excludes halogenated alkanes) is 1. The number of carbonyl (C=O) groups excluding carboxylic acids is 4. The molecule has 6 unspecified atom stereocenters. The molecular weight excluding hydrogens is 492 g/mol. The van der Waals surface area contributed by atoms with Crippen molar-refractivity contribution >= 4 is 29.4 Å². The van der Waals surface area contributed by atoms with Gasteiger partial charge in [-0.1, -0.05) is 59.1 Å². The van der Waals surface area contributed by atoms with E-state index in [4.69, 9.17) is 4.74 Å². The molecule has 6 atom stereocenters. The first-order chi connectivity index (χ1) is 18.0. The minimum atomic E-state index is -1.05. The highest BCUT2D eigenvalue weighted by Gasteiger charge is 2.35. The summed E-state index contributed by atoms with van der Waals surface area (Å²) < 4.78 is 5.84. The van der Waals surface area contributed by atoms with Gasteiger partial charge in [-0.25, -0.2) is 4.79 Å². The van der Waals surface area contributed by atoms with Crippen LogP contribution in [0.2, 0.25) is 0 Å². The van der Waals surface area contributed by atoms with E-state index in [9.17, 15) is 29.3 Å². The molecule has 1 heterocycles. The second-order valence-corrected chi connectivity index (χ2v) is 10.1. The fourth-order valence-electron chi connectivity index (χ4n) is 4.26. The maximum absolute atomic E-state index is 13.2. The first-order valence-corrected chi connectivity index (χ1v) is 13.3. The summed E-state index contributed by atoms with van der Waals surface area (Å²) in [5, 5.41) is 19.0. The number of non-ortho nitro benzene ring substituents is 1. The van der Waals surface area contributed by atoms with Gasteiger partial charge in [0.2, 0.25) is 17.7 Å². The zero-order valence-electron chi connectivity index (χ0n) is 22.8. The Bertz CT molecular complexity index is 998. The van der Waals surface area contributed by atoms with Gasteiger partial charge in [-0.05, 0) is 30.7 Å². The van der Waals surface area contributed by atoms with E-state index in [1.54, 1.807) is 0 Å². The molecule has 1 fully saturated rings. The van der Waals surface area contributed by atoms with E-state index in [0.29, 0.717) is 12.0 Å². The second kappa shape index (κ2) is 14.4. The summed E-state index contributed by atoms with van der Waals surface area (Å²) in [6, 6.07) is 2.72. The third-order valence-electron chi connectivity index (χ3n) is 7.06. The normalized spacial score (nSPS) is 24.9. The number of nitrogens with one attached hydrogen (secondary N) is 3. The standard InChI is InChI=1S/C27H40N4O7/c1-6-8-9-17(4)22-15-23(32)29-21(14-19-10-12-20(13-11-19)31(36)37)26(34)28-18(5)25(33)30-24(16(3)7-2)27(35)38-22/h10-13,16-18,21-22,24H,6-9,14-15H2,1-5H3,(H,28,34)(H,29,32)(H,30,33). The number of ether oxygens (including phenoxy) is 1. The molecule has 11 nitrogen and oxygen atoms in total. The number of carbonyl (C=O) groups is 4. The largest absolute Gasteiger partial charge is 0.460 e. The Morgan fingerprint density at radius 1 is 1.00 bits per heavy atom. The molecule has 0 saturated carbocycles. The van der Waals surface area contributed by atoms with E-state index in [2.05, 4.69) is 16.0 Å². The number of amides is 3. The van der Waals surface area contributed by atoms with E-state index in [-0.39, 0.29) is 30.4 Å². The molecule has 1 aromatic carbocycles. The van der Waals surface area contributed by atoms with Crippen LogP contribution in [0.4, 0.5) is 5.69 Å². The van der Waals surface area contributed by atoms with Crippen molar-refractivity contribution in [1.82, 2.24) is 16.0 Å². The van der Waals surface area contributed by atoms with E-state index in [1.807, 2.05) is 27.7 Å². The molecule has 0 aromatic heterocycles. The highest BCUT2D eigenvalue weighted by molar-refractivity contribution is 5.94. The highest BCUT2D eigenvalue weighted by Crippen LogP contribution is 2.21. The van der Waals surface area contributed by atoms with E-state index in [0.717, 1.165) is 19.3 Å². The van der Waals surface area contributed by atoms with E-state index < -0.39 is 52.8 Å². The van der Waals surface area contributed by atoms with Crippen LogP contribution in [0, 0.1) is 22.0 Å². The third-order valence-corrected chi connectivity index (χ3v) is 7.06. The van der Waals surface area contributed by atoms with Crippen LogP contribution in [0.25, 0.3) is 0 Å². The zero-order valence-corrected chi connectivity index (χ0v) is 22.8. The number of nitro groups is 1. The molecule has 1 aliphatic heterocycles. The van der Waals surface area contributed by atoms with Crippen molar-refractivity contribution in [2.45, 2.75) is 97.4 Å². The molecule has 1 saturated heterocycles. The van der Waals surface area contributed by atoms with Gasteiger partial charge in [0.1, 0.15) is 24.2 Å². The second-order valence-electron chi connectivity index (χ2n) is 10.1. The van der Waals surface area contributed by atoms with Crippen molar-refractivity contribution in [2.75, 3.05) is 0 Å². The predicted molar refractivity (Wildman–Crippen MR) is 141 cm³/mol. The topological polar surface area (TPSA) is 157 Å². The smallest absolute Gasteiger partial charge is 0.329 e. The van der Waals surface area contributed by atoms with Gasteiger partial charge in [-0.15, -0.1) is 0 Å². The number of cyclic esters (lactones) is 1. The van der Waals surface area contributed by atoms with Crippen molar-refractivity contribution in [3.8, 4) is 0 Å². The molecule has 1 aromatic rings. The predicted octanol–water partition coefficient (Wildman–Crippen LogP) is 2.80. The third kappa shape index (κ3) is 8.81. The SMILES string of the molecule is CCCCC(C)C1CC(=O)NC(Cc2ccc([N+](=O)[O-])cc2)C(=O)NC(C)C(=O)NC(C(C)CC)C(=O)O1. The Morgan fingerprint density at radius 2 is 1.66 bits per heavy atom. The molecule has 0 aliphatic carbocycles. The maximum atomic E-state index is 13.2. The number of nitrogens with zero attached hydrogens (tertiary/aromatic N) is 1. The van der Waals surface area contributed by atoms with Gasteiger partial charge in [0.05, 0.1) is 11.3 Å². The lowest BCUT2D eigenvalue weighted by atomic mass is 9.94. The lowest BCUT2D eigenvalue weighted by Crippen LogP contribution is -2.55. The summed E-state index contributed by atoms with van der Waals surface area (Å²) >= 11 is 0. The van der Waals surface area contributed by atoms with Crippen LogP contribution in [0.3, 0.4) is 0 Å². The molecule has 3 amide bonds. The zero-order chi connectivity index (χ0) is 28.4. The molecule has 11 heteroatoms. The van der Waals surface area contributed by atoms with Gasteiger partial charge in [0, 0.05) is 18.6 Å². The van der Waals surface area contributed by atoms with Gasteiger partial charge in [-0.3, -0.25) is 24.5 Å². The first-order valence-electron chi connectivity index (χ1n) is 13.3. The number of hydrogen-bond acceptors (Lipinski definition) is 7. The van der Waals surface area contributed by atoms with Crippen molar-refractivity contribution in [1.29, 1.82) is 0 Å². The van der Waals surface area contributed by atoms with Crippen LogP contribution in [0.1, 0.15) is 72.3 Å². The Hall–Kier alpha value is -3.50. The Morgan fingerprint density at radius 3 is 2.24 bits per heavy atom. The number of benzene rings is 1. The van der Waals surface area contributed by atoms with Gasteiger partial charge in [0.15, 0.2) is 0 Å². The molecule has 210 valence electrons. The summed E-state index contributed by atoms with van der Waals surface area (Å²) in [6.07, 6.45) is 2.36. The molecule has 38 heavy (non-hydrogen) atoms. The molecule has 2 rings (SSSR count). The minimum Gasteiger partial charge on any atom is -0.460 e. The van der Waals surface area contributed by atoms with Gasteiger partial charge >= 0.3 is 5.97 Å². The molecule has 0 spiro atoms. The monoisotopic (exact) mass is 532 g/mol. The van der Waals surface area contributed by atoms with Crippen LogP contribution in [0.5, 0.6) is 0 Å². The summed E-state index contributed by atoms with van der Waals surface area (Å²) in [6.45, 7) is 9.18. The number of esters is 1. The number of rotatable bonds is 9. The highest BCUT2D eigenvalue weighted by atomic mass is 16.6. The van der Waals surface area contributed by atoms with Gasteiger partial charge in [0.25, 0.3) is 5.69 Å². The lowest BCUT2D eigenvalue weighted by molar-refractivity contribution is -0.384. The van der Waals surface area contributed by atoms with E-state index >= 15 is 0 Å². The van der Waals surface area contributed by atoms with Crippen LogP contribution >= 0.6 is 0 Å². The fourth-order valence-corrected chi connectivity index (χ4v) is 4.26. The quantitative estimate of drug-likeness (QED) is 0.251. The lowest BCUT2D eigenvalue weighted by Gasteiger charge is -2.29. The molecule has 3 N–H and O–H groups in total. The molecule has 1 aliphatic rings. The summed E-state index contributed by atoms with van der Waals surface area (Å²) in [7, 11) is 0. The van der Waals surface area contributed by atoms with Crippen LogP contribution in [-0.2, 0) is 30.3 Å². The number of nitro benzene ring substituents is 1.